The average molecular weight is 352 g/mol. The van der Waals surface area contributed by atoms with Gasteiger partial charge in [-0.25, -0.2) is 9.50 Å². The van der Waals surface area contributed by atoms with Gasteiger partial charge in [-0.05, 0) is 12.1 Å². The Hall–Kier alpha value is -3.00. The Morgan fingerprint density at radius 3 is 3.08 bits per heavy atom. The number of methoxy groups -OCH3 is 1. The second kappa shape index (κ2) is 7.09. The molecule has 8 nitrogen and oxygen atoms in total. The smallest absolute Gasteiger partial charge is 0.252 e. The van der Waals surface area contributed by atoms with Gasteiger partial charge in [-0.2, -0.15) is 4.98 Å². The minimum absolute atomic E-state index is 0.0160. The van der Waals surface area contributed by atoms with Crippen LogP contribution in [0.4, 0.5) is 0 Å². The first-order chi connectivity index (χ1) is 12.7. The minimum atomic E-state index is 0.0160. The summed E-state index contributed by atoms with van der Waals surface area (Å²) in [6.07, 6.45) is 3.59. The van der Waals surface area contributed by atoms with Gasteiger partial charge < -0.3 is 15.0 Å². The van der Waals surface area contributed by atoms with E-state index in [-0.39, 0.29) is 18.4 Å². The first kappa shape index (κ1) is 16.5. The molecule has 1 fully saturated rings. The quantitative estimate of drug-likeness (QED) is 0.749. The van der Waals surface area contributed by atoms with Gasteiger partial charge in [-0.3, -0.25) is 4.79 Å². The van der Waals surface area contributed by atoms with Crippen molar-refractivity contribution in [3.63, 3.8) is 0 Å². The largest absolute Gasteiger partial charge is 0.496 e. The van der Waals surface area contributed by atoms with Crippen molar-refractivity contribution in [2.24, 2.45) is 0 Å². The Bertz CT molecular complexity index is 892. The summed E-state index contributed by atoms with van der Waals surface area (Å²) >= 11 is 0. The Kier molecular flexibility index (Phi) is 4.49. The van der Waals surface area contributed by atoms with Crippen LogP contribution in [0.15, 0.2) is 42.7 Å². The monoisotopic (exact) mass is 352 g/mol. The summed E-state index contributed by atoms with van der Waals surface area (Å²) < 4.78 is 7.03. The predicted octanol–water partition coefficient (Wildman–Crippen LogP) is 0.848. The van der Waals surface area contributed by atoms with Gasteiger partial charge in [-0.15, -0.1) is 5.10 Å². The lowest BCUT2D eigenvalue weighted by Crippen LogP contribution is -2.48. The molecule has 0 spiro atoms. The van der Waals surface area contributed by atoms with Crippen LogP contribution in [0.3, 0.4) is 0 Å². The van der Waals surface area contributed by atoms with Crippen molar-refractivity contribution in [1.29, 1.82) is 0 Å². The zero-order valence-corrected chi connectivity index (χ0v) is 14.5. The Morgan fingerprint density at radius 1 is 1.35 bits per heavy atom. The molecule has 0 saturated carbocycles. The third-order valence-corrected chi connectivity index (χ3v) is 4.51. The number of nitrogens with zero attached hydrogens (tertiary/aromatic N) is 5. The molecule has 0 bridgehead atoms. The number of aromatic nitrogens is 4. The first-order valence-electron chi connectivity index (χ1n) is 8.55. The van der Waals surface area contributed by atoms with Crippen molar-refractivity contribution in [2.75, 3.05) is 26.7 Å². The molecule has 0 radical (unpaired) electrons. The van der Waals surface area contributed by atoms with Crippen LogP contribution in [-0.2, 0) is 11.2 Å². The van der Waals surface area contributed by atoms with Gasteiger partial charge >= 0.3 is 0 Å². The normalized spacial score (nSPS) is 17.4. The molecular weight excluding hydrogens is 332 g/mol. The van der Waals surface area contributed by atoms with E-state index < -0.39 is 0 Å². The molecule has 3 aromatic rings. The van der Waals surface area contributed by atoms with Crippen LogP contribution in [0.25, 0.3) is 5.78 Å². The van der Waals surface area contributed by atoms with Gasteiger partial charge in [0.25, 0.3) is 5.78 Å². The molecule has 1 N–H and O–H groups in total. The zero-order chi connectivity index (χ0) is 17.9. The van der Waals surface area contributed by atoms with E-state index in [4.69, 9.17) is 4.74 Å². The Morgan fingerprint density at radius 2 is 2.23 bits per heavy atom. The summed E-state index contributed by atoms with van der Waals surface area (Å²) in [6, 6.07) is 9.71. The van der Waals surface area contributed by atoms with Gasteiger partial charge in [0.05, 0.1) is 19.6 Å². The standard InChI is InChI=1S/C18H20N6O2/c1-26-15-6-3-2-5-13(15)14-12-23(10-8-19-14)17(25)11-16-21-18-20-7-4-9-24(18)22-16/h2-7,9,14,19H,8,10-12H2,1H3. The zero-order valence-electron chi connectivity index (χ0n) is 14.5. The second-order valence-electron chi connectivity index (χ2n) is 6.16. The molecule has 26 heavy (non-hydrogen) atoms. The maximum absolute atomic E-state index is 12.7. The SMILES string of the molecule is COc1ccccc1C1CN(C(=O)Cc2nc3ncccn3n2)CCN1. The lowest BCUT2D eigenvalue weighted by Gasteiger charge is -2.34. The maximum Gasteiger partial charge on any atom is 0.252 e. The van der Waals surface area contributed by atoms with E-state index in [1.807, 2.05) is 29.2 Å². The average Bonchev–Trinajstić information content (AvgIpc) is 3.10. The summed E-state index contributed by atoms with van der Waals surface area (Å²) in [5.41, 5.74) is 1.06. The molecule has 2 aromatic heterocycles. The summed E-state index contributed by atoms with van der Waals surface area (Å²) in [5.74, 6) is 1.83. The number of carbonyl (C=O) groups excluding carboxylic acids is 1. The molecule has 8 heteroatoms. The third kappa shape index (κ3) is 3.23. The molecule has 3 heterocycles. The van der Waals surface area contributed by atoms with Crippen LogP contribution in [0, 0.1) is 0 Å². The number of ether oxygens (including phenoxy) is 1. The van der Waals surface area contributed by atoms with Crippen molar-refractivity contribution in [3.05, 3.63) is 54.1 Å². The molecule has 0 aliphatic carbocycles. The minimum Gasteiger partial charge on any atom is -0.496 e. The molecule has 1 amide bonds. The number of carbonyl (C=O) groups is 1. The van der Waals surface area contributed by atoms with Crippen LogP contribution >= 0.6 is 0 Å². The molecule has 134 valence electrons. The maximum atomic E-state index is 12.7. The fourth-order valence-corrected chi connectivity index (χ4v) is 3.24. The van der Waals surface area contributed by atoms with Gasteiger partial charge in [-0.1, -0.05) is 18.2 Å². The topological polar surface area (TPSA) is 84.7 Å². The fraction of sp³-hybridized carbons (Fsp3) is 0.333. The molecule has 1 aliphatic heterocycles. The summed E-state index contributed by atoms with van der Waals surface area (Å²) in [5, 5.41) is 7.77. The van der Waals surface area contributed by atoms with Gasteiger partial charge in [0, 0.05) is 37.6 Å². The molecule has 1 aliphatic rings. The number of para-hydroxylation sites is 1. The van der Waals surface area contributed by atoms with Crippen LogP contribution in [-0.4, -0.2) is 57.1 Å². The highest BCUT2D eigenvalue weighted by Gasteiger charge is 2.26. The van der Waals surface area contributed by atoms with Crippen molar-refractivity contribution < 1.29 is 9.53 Å². The van der Waals surface area contributed by atoms with Crippen molar-refractivity contribution in [2.45, 2.75) is 12.5 Å². The van der Waals surface area contributed by atoms with E-state index >= 15 is 0 Å². The van der Waals surface area contributed by atoms with E-state index in [1.54, 1.807) is 30.1 Å². The predicted molar refractivity (Wildman–Crippen MR) is 94.8 cm³/mol. The summed E-state index contributed by atoms with van der Waals surface area (Å²) in [7, 11) is 1.66. The van der Waals surface area contributed by atoms with Gasteiger partial charge in [0.1, 0.15) is 5.75 Å². The Labute approximate surface area is 150 Å². The lowest BCUT2D eigenvalue weighted by molar-refractivity contribution is -0.131. The highest BCUT2D eigenvalue weighted by Crippen LogP contribution is 2.26. The molecular formula is C18H20N6O2. The number of nitrogens with one attached hydrogen (secondary N) is 1. The van der Waals surface area contributed by atoms with Crippen molar-refractivity contribution in [1.82, 2.24) is 29.8 Å². The lowest BCUT2D eigenvalue weighted by atomic mass is 10.0. The first-order valence-corrected chi connectivity index (χ1v) is 8.55. The number of piperazine rings is 1. The molecule has 1 saturated heterocycles. The van der Waals surface area contributed by atoms with Crippen LogP contribution in [0.1, 0.15) is 17.4 Å². The van der Waals surface area contributed by atoms with E-state index in [0.29, 0.717) is 24.7 Å². The second-order valence-corrected chi connectivity index (χ2v) is 6.16. The number of rotatable bonds is 4. The molecule has 1 unspecified atom stereocenters. The van der Waals surface area contributed by atoms with Crippen molar-refractivity contribution in [3.8, 4) is 5.75 Å². The molecule has 4 rings (SSSR count). The molecule has 1 atom stereocenters. The van der Waals surface area contributed by atoms with E-state index in [2.05, 4.69) is 20.4 Å². The van der Waals surface area contributed by atoms with Crippen LogP contribution < -0.4 is 10.1 Å². The fourth-order valence-electron chi connectivity index (χ4n) is 3.24. The number of amides is 1. The third-order valence-electron chi connectivity index (χ3n) is 4.51. The summed E-state index contributed by atoms with van der Waals surface area (Å²) in [4.78, 5) is 23.0. The number of hydrogen-bond acceptors (Lipinski definition) is 6. The Balaban J connectivity index is 1.47. The number of fused-ring (bicyclic) bond motifs is 1. The van der Waals surface area contributed by atoms with Crippen LogP contribution in [0.5, 0.6) is 5.75 Å². The summed E-state index contributed by atoms with van der Waals surface area (Å²) in [6.45, 7) is 1.98. The number of benzene rings is 1. The van der Waals surface area contributed by atoms with E-state index in [9.17, 15) is 4.79 Å². The van der Waals surface area contributed by atoms with E-state index in [0.717, 1.165) is 17.9 Å². The highest BCUT2D eigenvalue weighted by atomic mass is 16.5. The molecule has 1 aromatic carbocycles. The van der Waals surface area contributed by atoms with Crippen LogP contribution in [0.2, 0.25) is 0 Å². The van der Waals surface area contributed by atoms with Crippen molar-refractivity contribution >= 4 is 11.7 Å². The van der Waals surface area contributed by atoms with E-state index in [1.165, 1.54) is 0 Å². The van der Waals surface area contributed by atoms with Gasteiger partial charge in [0.2, 0.25) is 5.91 Å². The highest BCUT2D eigenvalue weighted by molar-refractivity contribution is 5.78. The number of hydrogen-bond donors (Lipinski definition) is 1. The van der Waals surface area contributed by atoms with Gasteiger partial charge in [0.15, 0.2) is 5.82 Å².